The first kappa shape index (κ1) is 28.9. The third-order valence-corrected chi connectivity index (χ3v) is 7.88. The van der Waals surface area contributed by atoms with Crippen LogP contribution in [0.2, 0.25) is 0 Å². The number of rotatable bonds is 9. The minimum Gasteiger partial charge on any atom is -0.449 e. The summed E-state index contributed by atoms with van der Waals surface area (Å²) < 4.78 is 10.7. The van der Waals surface area contributed by atoms with Crippen LogP contribution in [0.5, 0.6) is 0 Å². The van der Waals surface area contributed by atoms with Crippen LogP contribution < -0.4 is 5.32 Å². The average molecular weight is 491 g/mol. The molecule has 0 aliphatic carbocycles. The predicted octanol–water partition coefficient (Wildman–Crippen LogP) is 5.52. The molecule has 0 aromatic heterocycles. The third kappa shape index (κ3) is 12.8. The average Bonchev–Trinajstić information content (AvgIpc) is 2.63. The number of carbonyl (C=O) groups is 3. The van der Waals surface area contributed by atoms with E-state index in [1.54, 1.807) is 26.5 Å². The molecule has 1 unspecified atom stereocenters. The summed E-state index contributed by atoms with van der Waals surface area (Å²) in [6, 6.07) is -0.585. The first-order valence-corrected chi connectivity index (χ1v) is 13.7. The maximum absolute atomic E-state index is 13.0. The second-order valence-corrected chi connectivity index (χ2v) is 13.9. The zero-order valence-electron chi connectivity index (χ0n) is 21.0. The lowest BCUT2D eigenvalue weighted by Crippen LogP contribution is -2.45. The summed E-state index contributed by atoms with van der Waals surface area (Å²) in [4.78, 5) is 39.2. The van der Waals surface area contributed by atoms with E-state index in [1.807, 2.05) is 34.6 Å². The minimum atomic E-state index is -0.585. The Morgan fingerprint density at radius 3 is 2.16 bits per heavy atom. The molecule has 0 radical (unpaired) electrons. The van der Waals surface area contributed by atoms with Crippen molar-refractivity contribution in [3.05, 3.63) is 0 Å². The summed E-state index contributed by atoms with van der Waals surface area (Å²) in [5, 5.41) is 2.77. The number of ether oxygens (including phenoxy) is 2. The Bertz CT molecular complexity index is 621. The van der Waals surface area contributed by atoms with Crippen LogP contribution in [-0.4, -0.2) is 64.7 Å². The molecular weight excluding hydrogens is 448 g/mol. The van der Waals surface area contributed by atoms with Gasteiger partial charge in [-0.1, -0.05) is 56.2 Å². The van der Waals surface area contributed by atoms with Crippen LogP contribution >= 0.6 is 21.6 Å². The lowest BCUT2D eigenvalue weighted by Gasteiger charge is -2.33. The summed E-state index contributed by atoms with van der Waals surface area (Å²) >= 11 is 0. The predicted molar refractivity (Wildman–Crippen MR) is 133 cm³/mol. The molecule has 2 amide bonds. The molecule has 0 bridgehead atoms. The fourth-order valence-electron chi connectivity index (χ4n) is 2.99. The van der Waals surface area contributed by atoms with E-state index in [9.17, 15) is 14.4 Å². The van der Waals surface area contributed by atoms with Crippen molar-refractivity contribution in [1.82, 2.24) is 10.2 Å². The normalized spacial score (nSPS) is 16.6. The van der Waals surface area contributed by atoms with Crippen molar-refractivity contribution in [2.45, 2.75) is 91.0 Å². The van der Waals surface area contributed by atoms with Crippen LogP contribution in [-0.2, 0) is 14.3 Å². The lowest BCUT2D eigenvalue weighted by molar-refractivity contribution is -0.121. The highest BCUT2D eigenvalue weighted by atomic mass is 33.1. The molecule has 186 valence electrons. The Morgan fingerprint density at radius 2 is 1.66 bits per heavy atom. The molecule has 1 heterocycles. The monoisotopic (exact) mass is 490 g/mol. The molecule has 1 N–H and O–H groups in total. The van der Waals surface area contributed by atoms with Gasteiger partial charge >= 0.3 is 12.2 Å². The molecule has 1 rings (SSSR count). The summed E-state index contributed by atoms with van der Waals surface area (Å²) in [5.41, 5.74) is -0.518. The fourth-order valence-corrected chi connectivity index (χ4v) is 5.49. The second kappa shape index (κ2) is 13.0. The Labute approximate surface area is 201 Å². The molecule has 32 heavy (non-hydrogen) atoms. The number of alkyl carbamates (subject to hydrolysis) is 1. The Morgan fingerprint density at radius 1 is 1.06 bits per heavy atom. The van der Waals surface area contributed by atoms with Crippen molar-refractivity contribution in [2.24, 2.45) is 11.8 Å². The molecule has 9 heteroatoms. The van der Waals surface area contributed by atoms with Crippen LogP contribution in [0.4, 0.5) is 9.59 Å². The molecule has 1 aliphatic rings. The zero-order valence-corrected chi connectivity index (χ0v) is 22.6. The van der Waals surface area contributed by atoms with E-state index in [0.717, 1.165) is 12.8 Å². The van der Waals surface area contributed by atoms with Gasteiger partial charge in [0.05, 0.1) is 6.61 Å². The van der Waals surface area contributed by atoms with Crippen LogP contribution in [0.15, 0.2) is 0 Å². The number of piperidine rings is 1. The van der Waals surface area contributed by atoms with Crippen molar-refractivity contribution < 1.29 is 23.9 Å². The van der Waals surface area contributed by atoms with Crippen LogP contribution in [0.25, 0.3) is 0 Å². The maximum Gasteiger partial charge on any atom is 0.410 e. The number of ketones is 1. The Kier molecular flexibility index (Phi) is 11.7. The highest BCUT2D eigenvalue weighted by molar-refractivity contribution is 8.77. The first-order valence-electron chi connectivity index (χ1n) is 11.4. The van der Waals surface area contributed by atoms with Gasteiger partial charge in [0.25, 0.3) is 0 Å². The summed E-state index contributed by atoms with van der Waals surface area (Å²) in [7, 11) is 3.28. The maximum atomic E-state index is 13.0. The largest absolute Gasteiger partial charge is 0.449 e. The second-order valence-electron chi connectivity index (χ2n) is 10.8. The number of nitrogens with one attached hydrogen (secondary N) is 1. The fraction of sp³-hybridized carbons (Fsp3) is 0.870. The molecular formula is C23H42N2O5S2. The summed E-state index contributed by atoms with van der Waals surface area (Å²) in [5.74, 6) is 0.937. The smallest absolute Gasteiger partial charge is 0.410 e. The Balaban J connectivity index is 2.60. The van der Waals surface area contributed by atoms with Gasteiger partial charge in [-0.15, -0.1) is 0 Å². The van der Waals surface area contributed by atoms with Gasteiger partial charge in [0.1, 0.15) is 11.6 Å². The summed E-state index contributed by atoms with van der Waals surface area (Å²) in [6.07, 6.45) is 1.04. The SMILES string of the molecule is CC(C)COC(=O)NC(CSSC(C)(C)C)C(=O)CC1CCN(C(=O)OC(C)(C)C)CC1. The number of carbonyl (C=O) groups excluding carboxylic acids is 3. The van der Waals surface area contributed by atoms with Crippen molar-refractivity contribution >= 4 is 39.6 Å². The van der Waals surface area contributed by atoms with E-state index in [2.05, 4.69) is 26.1 Å². The topological polar surface area (TPSA) is 84.9 Å². The van der Waals surface area contributed by atoms with Gasteiger partial charge in [-0.3, -0.25) is 4.79 Å². The molecule has 1 fully saturated rings. The van der Waals surface area contributed by atoms with E-state index in [1.165, 1.54) is 0 Å². The number of hydrogen-bond donors (Lipinski definition) is 1. The van der Waals surface area contributed by atoms with Gasteiger partial charge in [-0.2, -0.15) is 0 Å². The molecule has 1 aliphatic heterocycles. The minimum absolute atomic E-state index is 0.0178. The molecule has 7 nitrogen and oxygen atoms in total. The number of amides is 2. The Hall–Kier alpha value is -1.09. The van der Waals surface area contributed by atoms with E-state index >= 15 is 0 Å². The number of nitrogens with zero attached hydrogens (tertiary/aromatic N) is 1. The van der Waals surface area contributed by atoms with Gasteiger partial charge in [0.2, 0.25) is 0 Å². The molecule has 1 saturated heterocycles. The lowest BCUT2D eigenvalue weighted by atomic mass is 9.90. The van der Waals surface area contributed by atoms with Crippen molar-refractivity contribution in [2.75, 3.05) is 25.4 Å². The van der Waals surface area contributed by atoms with Gasteiger partial charge in [0.15, 0.2) is 5.78 Å². The van der Waals surface area contributed by atoms with Gasteiger partial charge in [-0.05, 0) is 45.4 Å². The molecule has 0 aromatic rings. The quantitative estimate of drug-likeness (QED) is 0.426. The highest BCUT2D eigenvalue weighted by Gasteiger charge is 2.30. The van der Waals surface area contributed by atoms with E-state index in [4.69, 9.17) is 9.47 Å². The van der Waals surface area contributed by atoms with Gasteiger partial charge in [0, 0.05) is 30.0 Å². The number of hydrogen-bond acceptors (Lipinski definition) is 7. The van der Waals surface area contributed by atoms with Crippen LogP contribution in [0.3, 0.4) is 0 Å². The standard InChI is InChI=1S/C23H42N2O5S2/c1-16(2)14-29-20(27)24-18(15-31-32-23(6,7)8)19(26)13-17-9-11-25(12-10-17)21(28)30-22(3,4)5/h16-18H,9-15H2,1-8H3,(H,24,27). The third-order valence-electron chi connectivity index (χ3n) is 4.53. The van der Waals surface area contributed by atoms with E-state index in [0.29, 0.717) is 31.9 Å². The zero-order chi connectivity index (χ0) is 24.5. The van der Waals surface area contributed by atoms with Crippen molar-refractivity contribution in [3.63, 3.8) is 0 Å². The van der Waals surface area contributed by atoms with Crippen molar-refractivity contribution in [1.29, 1.82) is 0 Å². The van der Waals surface area contributed by atoms with Crippen molar-refractivity contribution in [3.8, 4) is 0 Å². The number of likely N-dealkylation sites (tertiary alicyclic amines) is 1. The van der Waals surface area contributed by atoms with Crippen LogP contribution in [0, 0.1) is 11.8 Å². The highest BCUT2D eigenvalue weighted by Crippen LogP contribution is 2.35. The molecule has 1 atom stereocenters. The van der Waals surface area contributed by atoms with E-state index in [-0.39, 0.29) is 28.5 Å². The van der Waals surface area contributed by atoms with Gasteiger partial charge in [-0.25, -0.2) is 9.59 Å². The molecule has 0 saturated carbocycles. The molecule has 0 spiro atoms. The first-order chi connectivity index (χ1) is 14.7. The molecule has 0 aromatic carbocycles. The number of Topliss-reactive ketones (excluding diaryl/α,β-unsaturated/α-hetero) is 1. The van der Waals surface area contributed by atoms with Crippen LogP contribution in [0.1, 0.15) is 74.7 Å². The van der Waals surface area contributed by atoms with E-state index < -0.39 is 17.7 Å². The van der Waals surface area contributed by atoms with Gasteiger partial charge < -0.3 is 19.7 Å². The summed E-state index contributed by atoms with van der Waals surface area (Å²) in [6.45, 7) is 17.3.